The Kier molecular flexibility index (Phi) is 5.88. The van der Waals surface area contributed by atoms with Gasteiger partial charge < -0.3 is 15.2 Å². The van der Waals surface area contributed by atoms with Crippen LogP contribution < -0.4 is 10.9 Å². The molecule has 4 rings (SSSR count). The highest BCUT2D eigenvalue weighted by Gasteiger charge is 2.21. The van der Waals surface area contributed by atoms with Crippen LogP contribution in [0.4, 0.5) is 5.69 Å². The number of nitrogens with one attached hydrogen (secondary N) is 2. The van der Waals surface area contributed by atoms with Crippen molar-refractivity contribution in [1.82, 2.24) is 14.9 Å². The van der Waals surface area contributed by atoms with Crippen LogP contribution in [0, 0.1) is 0 Å². The van der Waals surface area contributed by atoms with Crippen molar-refractivity contribution in [3.05, 3.63) is 70.3 Å². The Morgan fingerprint density at radius 3 is 2.57 bits per heavy atom. The first-order chi connectivity index (χ1) is 14.6. The van der Waals surface area contributed by atoms with E-state index in [2.05, 4.69) is 15.3 Å². The number of aryl methyl sites for hydroxylation is 1. The average molecular weight is 404 g/mol. The third-order valence-corrected chi connectivity index (χ3v) is 5.33. The summed E-state index contributed by atoms with van der Waals surface area (Å²) in [6.45, 7) is 1.50. The topological polar surface area (TPSA) is 95.2 Å². The Hall–Kier alpha value is -3.48. The summed E-state index contributed by atoms with van der Waals surface area (Å²) >= 11 is 0. The number of rotatable bonds is 5. The minimum Gasteiger partial charge on any atom is -0.339 e. The first-order valence-electron chi connectivity index (χ1n) is 10.3. The third kappa shape index (κ3) is 4.40. The van der Waals surface area contributed by atoms with Gasteiger partial charge in [-0.2, -0.15) is 0 Å². The van der Waals surface area contributed by atoms with E-state index < -0.39 is 0 Å². The zero-order valence-electron chi connectivity index (χ0n) is 16.7. The van der Waals surface area contributed by atoms with Crippen LogP contribution in [0.1, 0.15) is 41.9 Å². The molecule has 1 fully saturated rings. The fraction of sp³-hybridized carbons (Fsp3) is 0.304. The zero-order chi connectivity index (χ0) is 20.9. The van der Waals surface area contributed by atoms with E-state index in [1.54, 1.807) is 42.5 Å². The van der Waals surface area contributed by atoms with Crippen LogP contribution in [0.5, 0.6) is 0 Å². The van der Waals surface area contributed by atoms with E-state index >= 15 is 0 Å². The Morgan fingerprint density at radius 2 is 1.73 bits per heavy atom. The zero-order valence-corrected chi connectivity index (χ0v) is 16.7. The number of hydrogen-bond donors (Lipinski definition) is 2. The van der Waals surface area contributed by atoms with Gasteiger partial charge in [-0.15, -0.1) is 0 Å². The molecule has 2 aromatic carbocycles. The van der Waals surface area contributed by atoms with Crippen LogP contribution in [0.15, 0.2) is 53.3 Å². The molecule has 0 radical (unpaired) electrons. The fourth-order valence-electron chi connectivity index (χ4n) is 3.74. The predicted molar refractivity (Wildman–Crippen MR) is 116 cm³/mol. The molecule has 7 nitrogen and oxygen atoms in total. The van der Waals surface area contributed by atoms with E-state index in [0.29, 0.717) is 34.4 Å². The van der Waals surface area contributed by atoms with E-state index in [1.165, 1.54) is 0 Å². The SMILES string of the molecule is O=C(CCc1nc2ccccc2c(=O)[nH]1)Nc1ccccc1C(=O)N1CCCCC1. The smallest absolute Gasteiger partial charge is 0.258 e. The molecule has 1 aliphatic heterocycles. The second kappa shape index (κ2) is 8.90. The van der Waals surface area contributed by atoms with Crippen LogP contribution in [-0.4, -0.2) is 39.8 Å². The molecule has 0 spiro atoms. The number of aromatic amines is 1. The summed E-state index contributed by atoms with van der Waals surface area (Å²) in [5.41, 5.74) is 1.41. The van der Waals surface area contributed by atoms with E-state index in [-0.39, 0.29) is 23.8 Å². The first-order valence-corrected chi connectivity index (χ1v) is 10.3. The second-order valence-corrected chi connectivity index (χ2v) is 7.48. The van der Waals surface area contributed by atoms with E-state index in [4.69, 9.17) is 0 Å². The molecule has 3 aromatic rings. The summed E-state index contributed by atoms with van der Waals surface area (Å²) in [4.78, 5) is 46.6. The lowest BCUT2D eigenvalue weighted by atomic mass is 10.1. The number of fused-ring (bicyclic) bond motifs is 1. The molecule has 0 aliphatic carbocycles. The maximum Gasteiger partial charge on any atom is 0.258 e. The number of piperidine rings is 1. The van der Waals surface area contributed by atoms with Crippen molar-refractivity contribution >= 4 is 28.4 Å². The number of hydrogen-bond acceptors (Lipinski definition) is 4. The second-order valence-electron chi connectivity index (χ2n) is 7.48. The molecule has 1 aliphatic rings. The summed E-state index contributed by atoms with van der Waals surface area (Å²) in [6.07, 6.45) is 3.61. The Balaban J connectivity index is 1.43. The lowest BCUT2D eigenvalue weighted by Crippen LogP contribution is -2.36. The van der Waals surface area contributed by atoms with Gasteiger partial charge in [0.05, 0.1) is 22.2 Å². The molecule has 30 heavy (non-hydrogen) atoms. The lowest BCUT2D eigenvalue weighted by molar-refractivity contribution is -0.116. The molecule has 2 N–H and O–H groups in total. The van der Waals surface area contributed by atoms with Gasteiger partial charge >= 0.3 is 0 Å². The van der Waals surface area contributed by atoms with Gasteiger partial charge in [-0.25, -0.2) is 4.98 Å². The number of carbonyl (C=O) groups is 2. The Labute approximate surface area is 174 Å². The van der Waals surface area contributed by atoms with E-state index in [1.807, 2.05) is 11.0 Å². The normalized spacial score (nSPS) is 13.9. The number of para-hydroxylation sites is 2. The quantitative estimate of drug-likeness (QED) is 0.683. The Morgan fingerprint density at radius 1 is 1.00 bits per heavy atom. The highest BCUT2D eigenvalue weighted by Crippen LogP contribution is 2.20. The monoisotopic (exact) mass is 404 g/mol. The summed E-state index contributed by atoms with van der Waals surface area (Å²) < 4.78 is 0. The van der Waals surface area contributed by atoms with Crippen LogP contribution in [0.3, 0.4) is 0 Å². The van der Waals surface area contributed by atoms with Gasteiger partial charge in [0.25, 0.3) is 11.5 Å². The van der Waals surface area contributed by atoms with Crippen molar-refractivity contribution in [2.45, 2.75) is 32.1 Å². The molecular weight excluding hydrogens is 380 g/mol. The van der Waals surface area contributed by atoms with E-state index in [0.717, 1.165) is 32.4 Å². The van der Waals surface area contributed by atoms with Crippen molar-refractivity contribution in [2.24, 2.45) is 0 Å². The molecule has 7 heteroatoms. The number of carbonyl (C=O) groups excluding carboxylic acids is 2. The van der Waals surface area contributed by atoms with Gasteiger partial charge in [0.15, 0.2) is 0 Å². The summed E-state index contributed by atoms with van der Waals surface area (Å²) in [7, 11) is 0. The van der Waals surface area contributed by atoms with Gasteiger partial charge in [0, 0.05) is 25.9 Å². The molecular formula is C23H24N4O3. The van der Waals surface area contributed by atoms with Crippen LogP contribution in [0.2, 0.25) is 0 Å². The van der Waals surface area contributed by atoms with Crippen molar-refractivity contribution in [3.63, 3.8) is 0 Å². The number of anilines is 1. The molecule has 1 saturated heterocycles. The van der Waals surface area contributed by atoms with Crippen molar-refractivity contribution in [2.75, 3.05) is 18.4 Å². The van der Waals surface area contributed by atoms with Gasteiger partial charge in [-0.1, -0.05) is 24.3 Å². The molecule has 154 valence electrons. The highest BCUT2D eigenvalue weighted by molar-refractivity contribution is 6.03. The van der Waals surface area contributed by atoms with Crippen molar-refractivity contribution < 1.29 is 9.59 Å². The number of likely N-dealkylation sites (tertiary alicyclic amines) is 1. The number of nitrogens with zero attached hydrogens (tertiary/aromatic N) is 2. The van der Waals surface area contributed by atoms with E-state index in [9.17, 15) is 14.4 Å². The van der Waals surface area contributed by atoms with Gasteiger partial charge in [-0.05, 0) is 43.5 Å². The van der Waals surface area contributed by atoms with Crippen LogP contribution >= 0.6 is 0 Å². The molecule has 2 heterocycles. The minimum absolute atomic E-state index is 0.0499. The summed E-state index contributed by atoms with van der Waals surface area (Å²) in [5, 5.41) is 3.37. The highest BCUT2D eigenvalue weighted by atomic mass is 16.2. The average Bonchev–Trinajstić information content (AvgIpc) is 2.78. The van der Waals surface area contributed by atoms with Crippen LogP contribution in [0.25, 0.3) is 10.9 Å². The molecule has 0 atom stereocenters. The molecule has 0 bridgehead atoms. The van der Waals surface area contributed by atoms with Crippen LogP contribution in [-0.2, 0) is 11.2 Å². The maximum absolute atomic E-state index is 12.9. The Bertz CT molecular complexity index is 1130. The van der Waals surface area contributed by atoms with Gasteiger partial charge in [0.1, 0.15) is 5.82 Å². The standard InChI is InChI=1S/C23H24N4O3/c28-21(13-12-20-24-18-10-4-2-8-16(18)22(29)26-20)25-19-11-5-3-9-17(19)23(30)27-14-6-1-7-15-27/h2-5,8-11H,1,6-7,12-15H2,(H,25,28)(H,24,26,29). The maximum atomic E-state index is 12.9. The third-order valence-electron chi connectivity index (χ3n) is 5.33. The minimum atomic E-state index is -0.232. The molecule has 2 amide bonds. The molecule has 0 saturated carbocycles. The number of benzene rings is 2. The van der Waals surface area contributed by atoms with Crippen molar-refractivity contribution in [3.8, 4) is 0 Å². The first kappa shape index (κ1) is 19.8. The number of H-pyrrole nitrogens is 1. The predicted octanol–water partition coefficient (Wildman–Crippen LogP) is 3.12. The molecule has 0 unspecified atom stereocenters. The number of amides is 2. The number of aromatic nitrogens is 2. The fourth-order valence-corrected chi connectivity index (χ4v) is 3.74. The largest absolute Gasteiger partial charge is 0.339 e. The summed E-state index contributed by atoms with van der Waals surface area (Å²) in [5.74, 6) is 0.183. The van der Waals surface area contributed by atoms with Crippen molar-refractivity contribution in [1.29, 1.82) is 0 Å². The lowest BCUT2D eigenvalue weighted by Gasteiger charge is -2.27. The summed E-state index contributed by atoms with van der Waals surface area (Å²) in [6, 6.07) is 14.2. The van der Waals surface area contributed by atoms with Gasteiger partial charge in [-0.3, -0.25) is 14.4 Å². The molecule has 1 aromatic heterocycles. The van der Waals surface area contributed by atoms with Gasteiger partial charge in [0.2, 0.25) is 5.91 Å².